The molecule has 2 aliphatic heterocycles. The summed E-state index contributed by atoms with van der Waals surface area (Å²) in [5.41, 5.74) is 5.23. The molecule has 2 aliphatic rings. The summed E-state index contributed by atoms with van der Waals surface area (Å²) in [7, 11) is 0. The Morgan fingerprint density at radius 3 is 2.44 bits per heavy atom. The minimum Gasteiger partial charge on any atom is -0.477 e. The molecule has 1 aromatic heterocycles. The van der Waals surface area contributed by atoms with Gasteiger partial charge in [-0.2, -0.15) is 0 Å². The van der Waals surface area contributed by atoms with Crippen LogP contribution < -0.4 is 10.5 Å². The molecule has 212 valence electrons. The van der Waals surface area contributed by atoms with Gasteiger partial charge in [-0.05, 0) is 68.5 Å². The van der Waals surface area contributed by atoms with E-state index in [1.165, 1.54) is 12.1 Å². The third kappa shape index (κ3) is 6.91. The van der Waals surface area contributed by atoms with Crippen molar-refractivity contribution in [2.45, 2.75) is 63.8 Å². The number of primary amides is 1. The second-order valence-corrected chi connectivity index (χ2v) is 10.7. The van der Waals surface area contributed by atoms with Gasteiger partial charge >= 0.3 is 0 Å². The Hall–Kier alpha value is -3.11. The first-order valence-corrected chi connectivity index (χ1v) is 13.7. The lowest BCUT2D eigenvalue weighted by molar-refractivity contribution is -0.121. The van der Waals surface area contributed by atoms with Crippen molar-refractivity contribution in [2.75, 3.05) is 32.8 Å². The number of carbonyl (C=O) groups excluding carboxylic acids is 2. The van der Waals surface area contributed by atoms with Gasteiger partial charge in [-0.3, -0.25) is 9.59 Å². The lowest BCUT2D eigenvalue weighted by Crippen LogP contribution is -2.44. The van der Waals surface area contributed by atoms with E-state index in [0.717, 1.165) is 30.8 Å². The number of amides is 2. The number of benzene rings is 1. The molecule has 0 bridgehead atoms. The van der Waals surface area contributed by atoms with Crippen molar-refractivity contribution in [1.29, 1.82) is 0 Å². The summed E-state index contributed by atoms with van der Waals surface area (Å²) in [6.07, 6.45) is 3.71. The van der Waals surface area contributed by atoms with E-state index in [1.807, 2.05) is 13.8 Å². The van der Waals surface area contributed by atoms with Gasteiger partial charge in [0.1, 0.15) is 17.5 Å². The summed E-state index contributed by atoms with van der Waals surface area (Å²) in [6, 6.07) is 6.75. The van der Waals surface area contributed by atoms with Crippen LogP contribution in [0.5, 0.6) is 5.88 Å². The Kier molecular flexibility index (Phi) is 9.17. The molecule has 0 radical (unpaired) electrons. The molecular weight excluding hydrogens is 506 g/mol. The zero-order chi connectivity index (χ0) is 28.2. The average molecular weight is 545 g/mol. The number of aliphatic hydroxyl groups excluding tert-OH is 1. The van der Waals surface area contributed by atoms with Gasteiger partial charge in [0.2, 0.25) is 11.8 Å². The number of pyridine rings is 1. The van der Waals surface area contributed by atoms with Crippen LogP contribution in [-0.4, -0.2) is 82.3 Å². The number of nitrogens with two attached hydrogens (primary N) is 1. The van der Waals surface area contributed by atoms with Crippen molar-refractivity contribution in [3.05, 3.63) is 47.9 Å². The Morgan fingerprint density at radius 2 is 1.85 bits per heavy atom. The monoisotopic (exact) mass is 544 g/mol. The van der Waals surface area contributed by atoms with Gasteiger partial charge in [0.15, 0.2) is 0 Å². The summed E-state index contributed by atoms with van der Waals surface area (Å²) >= 11 is 0. The molecule has 4 rings (SSSR count). The number of aliphatic hydroxyl groups is 1. The minimum atomic E-state index is -1.11. The number of alkyl halides is 1. The van der Waals surface area contributed by atoms with Gasteiger partial charge in [-0.15, -0.1) is 0 Å². The largest absolute Gasteiger partial charge is 0.477 e. The number of aromatic nitrogens is 1. The molecule has 39 heavy (non-hydrogen) atoms. The molecule has 0 saturated carbocycles. The lowest BCUT2D eigenvalue weighted by Gasteiger charge is -2.36. The molecule has 2 amide bonds. The topological polar surface area (TPSA) is 109 Å². The maximum Gasteiger partial charge on any atom is 0.257 e. The fraction of sp³-hybridized carbons (Fsp3) is 0.552. The zero-order valence-electron chi connectivity index (χ0n) is 22.6. The molecule has 8 nitrogen and oxygen atoms in total. The standard InChI is InChI=1S/C29H38F2N4O4/c1-3-29(31,4-2)18-34-11-9-19(10-12-34)17-39-26-8-6-21(15-33-26)20-5-7-23(24(30)13-20)28(38)35-16-22(36)14-25(35)27(32)37/h5-8,13,15,19,22,25,36H,3-4,9-12,14,16-18H2,1-2H3,(H2,32,37). The number of ether oxygens (including phenoxy) is 1. The van der Waals surface area contributed by atoms with E-state index in [-0.39, 0.29) is 18.5 Å². The maximum atomic E-state index is 14.9. The summed E-state index contributed by atoms with van der Waals surface area (Å²) in [5, 5.41) is 9.85. The van der Waals surface area contributed by atoms with Gasteiger partial charge < -0.3 is 25.4 Å². The summed E-state index contributed by atoms with van der Waals surface area (Å²) in [6.45, 7) is 6.47. The van der Waals surface area contributed by atoms with Crippen molar-refractivity contribution in [3.63, 3.8) is 0 Å². The number of carbonyl (C=O) groups is 2. The molecule has 1 aromatic carbocycles. The Labute approximate surface area is 228 Å². The van der Waals surface area contributed by atoms with E-state index in [1.54, 1.807) is 24.4 Å². The number of hydrogen-bond donors (Lipinski definition) is 2. The molecule has 0 spiro atoms. The molecule has 3 heterocycles. The van der Waals surface area contributed by atoms with Crippen LogP contribution in [0.3, 0.4) is 0 Å². The highest BCUT2D eigenvalue weighted by Gasteiger charge is 2.39. The highest BCUT2D eigenvalue weighted by atomic mass is 19.1. The molecule has 0 aliphatic carbocycles. The van der Waals surface area contributed by atoms with Crippen LogP contribution in [0.15, 0.2) is 36.5 Å². The Bertz CT molecular complexity index is 1150. The van der Waals surface area contributed by atoms with Crippen molar-refractivity contribution in [3.8, 4) is 17.0 Å². The fourth-order valence-electron chi connectivity index (χ4n) is 5.36. The first kappa shape index (κ1) is 28.9. The van der Waals surface area contributed by atoms with Crippen molar-refractivity contribution >= 4 is 11.8 Å². The van der Waals surface area contributed by atoms with Crippen molar-refractivity contribution in [2.24, 2.45) is 11.7 Å². The predicted octanol–water partition coefficient (Wildman–Crippen LogP) is 3.57. The number of β-amino-alcohol motifs (C(OH)–C–C–N with tert-alkyl or cyclic N) is 1. The van der Waals surface area contributed by atoms with E-state index in [2.05, 4.69) is 9.88 Å². The minimum absolute atomic E-state index is 0.0394. The summed E-state index contributed by atoms with van der Waals surface area (Å²) < 4.78 is 35.5. The third-order valence-corrected chi connectivity index (χ3v) is 8.09. The van der Waals surface area contributed by atoms with Crippen LogP contribution >= 0.6 is 0 Å². The number of halogens is 2. The van der Waals surface area contributed by atoms with Crippen LogP contribution in [0.25, 0.3) is 11.1 Å². The normalized spacial score (nSPS) is 20.8. The second-order valence-electron chi connectivity index (χ2n) is 10.7. The first-order chi connectivity index (χ1) is 18.6. The average Bonchev–Trinajstić information content (AvgIpc) is 3.34. The Morgan fingerprint density at radius 1 is 1.15 bits per heavy atom. The highest BCUT2D eigenvalue weighted by molar-refractivity contribution is 5.98. The Balaban J connectivity index is 1.31. The van der Waals surface area contributed by atoms with Crippen LogP contribution in [-0.2, 0) is 4.79 Å². The molecule has 2 atom stereocenters. The number of hydrogen-bond acceptors (Lipinski definition) is 6. The first-order valence-electron chi connectivity index (χ1n) is 13.7. The van der Waals surface area contributed by atoms with Gasteiger partial charge in [-0.25, -0.2) is 13.8 Å². The zero-order valence-corrected chi connectivity index (χ0v) is 22.6. The van der Waals surface area contributed by atoms with E-state index >= 15 is 0 Å². The number of rotatable bonds is 10. The van der Waals surface area contributed by atoms with E-state index in [0.29, 0.717) is 48.9 Å². The van der Waals surface area contributed by atoms with Crippen LogP contribution in [0.4, 0.5) is 8.78 Å². The predicted molar refractivity (Wildman–Crippen MR) is 143 cm³/mol. The molecule has 2 unspecified atom stereocenters. The molecule has 3 N–H and O–H groups in total. The quantitative estimate of drug-likeness (QED) is 0.474. The summed E-state index contributed by atoms with van der Waals surface area (Å²) in [5.74, 6) is -1.31. The molecule has 10 heteroatoms. The molecule has 2 saturated heterocycles. The van der Waals surface area contributed by atoms with Crippen LogP contribution in [0.2, 0.25) is 0 Å². The van der Waals surface area contributed by atoms with Gasteiger partial charge in [0, 0.05) is 37.3 Å². The summed E-state index contributed by atoms with van der Waals surface area (Å²) in [4.78, 5) is 32.2. The highest BCUT2D eigenvalue weighted by Crippen LogP contribution is 2.28. The van der Waals surface area contributed by atoms with Gasteiger partial charge in [0.05, 0.1) is 18.3 Å². The number of piperidine rings is 1. The second kappa shape index (κ2) is 12.4. The molecular formula is C29H38F2N4O4. The molecule has 2 fully saturated rings. The van der Waals surface area contributed by atoms with E-state index in [4.69, 9.17) is 10.5 Å². The molecule has 2 aromatic rings. The number of nitrogens with zero attached hydrogens (tertiary/aromatic N) is 3. The van der Waals surface area contributed by atoms with Gasteiger partial charge in [0.25, 0.3) is 5.91 Å². The van der Waals surface area contributed by atoms with Crippen LogP contribution in [0, 0.1) is 11.7 Å². The van der Waals surface area contributed by atoms with Crippen molar-refractivity contribution in [1.82, 2.24) is 14.8 Å². The van der Waals surface area contributed by atoms with Crippen molar-refractivity contribution < 1.29 is 28.2 Å². The smallest absolute Gasteiger partial charge is 0.257 e. The maximum absolute atomic E-state index is 14.9. The van der Waals surface area contributed by atoms with Crippen LogP contribution in [0.1, 0.15) is 56.3 Å². The fourth-order valence-corrected chi connectivity index (χ4v) is 5.36. The van der Waals surface area contributed by atoms with E-state index in [9.17, 15) is 23.5 Å². The van der Waals surface area contributed by atoms with E-state index < -0.39 is 35.4 Å². The SMILES string of the molecule is CCC(F)(CC)CN1CCC(COc2ccc(-c3ccc(C(=O)N4CC(O)CC4C(N)=O)c(F)c3)cn2)CC1. The third-order valence-electron chi connectivity index (χ3n) is 8.09. The lowest BCUT2D eigenvalue weighted by atomic mass is 9.94. The number of likely N-dealkylation sites (tertiary alicyclic amines) is 2. The van der Waals surface area contributed by atoms with Gasteiger partial charge in [-0.1, -0.05) is 19.9 Å².